The first-order valence-electron chi connectivity index (χ1n) is 5.46. The number of nitrogens with zero attached hydrogens (tertiary/aromatic N) is 1. The molecule has 0 aliphatic heterocycles. The van der Waals surface area contributed by atoms with Gasteiger partial charge in [-0.05, 0) is 34.1 Å². The number of benzene rings is 1. The lowest BCUT2D eigenvalue weighted by atomic mass is 10.1. The van der Waals surface area contributed by atoms with Gasteiger partial charge in [0.05, 0.1) is 16.8 Å². The van der Waals surface area contributed by atoms with Gasteiger partial charge in [0.2, 0.25) is 0 Å². The van der Waals surface area contributed by atoms with Crippen molar-refractivity contribution in [3.8, 4) is 0 Å². The predicted octanol–water partition coefficient (Wildman–Crippen LogP) is 4.12. The fraction of sp³-hybridized carbons (Fsp3) is 0.0769. The number of carbonyl (C=O) groups excluding carboxylic acids is 1. The molecule has 7 heteroatoms. The molecule has 2 rings (SSSR count). The van der Waals surface area contributed by atoms with E-state index in [2.05, 4.69) is 26.2 Å². The van der Waals surface area contributed by atoms with Gasteiger partial charge in [-0.3, -0.25) is 9.78 Å². The summed E-state index contributed by atoms with van der Waals surface area (Å²) in [6.07, 6.45) is -1.78. The number of anilines is 1. The van der Waals surface area contributed by atoms with Gasteiger partial charge >= 0.3 is 6.18 Å². The number of nitrogens with one attached hydrogen (secondary N) is 1. The standard InChI is InChI=1S/C13H8BrF3N2O/c14-9-5-8(6-18-7-9)12(20)19-11-4-2-1-3-10(11)13(15,16)17/h1-7H,(H,19,20). The molecule has 0 atom stereocenters. The van der Waals surface area contributed by atoms with Crippen molar-refractivity contribution in [1.82, 2.24) is 4.98 Å². The van der Waals surface area contributed by atoms with Gasteiger partial charge < -0.3 is 5.32 Å². The number of para-hydroxylation sites is 1. The van der Waals surface area contributed by atoms with Crippen LogP contribution in [0.5, 0.6) is 0 Å². The molecule has 2 aromatic rings. The molecule has 3 nitrogen and oxygen atoms in total. The van der Waals surface area contributed by atoms with Gasteiger partial charge in [-0.1, -0.05) is 12.1 Å². The average Bonchev–Trinajstić information content (AvgIpc) is 2.38. The molecule has 0 fully saturated rings. The van der Waals surface area contributed by atoms with Crippen molar-refractivity contribution in [2.45, 2.75) is 6.18 Å². The van der Waals surface area contributed by atoms with Crippen molar-refractivity contribution in [2.75, 3.05) is 5.32 Å². The van der Waals surface area contributed by atoms with Crippen molar-refractivity contribution in [3.63, 3.8) is 0 Å². The van der Waals surface area contributed by atoms with Gasteiger partial charge in [-0.2, -0.15) is 13.2 Å². The van der Waals surface area contributed by atoms with Crippen molar-refractivity contribution < 1.29 is 18.0 Å². The topological polar surface area (TPSA) is 42.0 Å². The molecule has 1 aromatic heterocycles. The Hall–Kier alpha value is -1.89. The van der Waals surface area contributed by atoms with Crippen LogP contribution in [0.4, 0.5) is 18.9 Å². The summed E-state index contributed by atoms with van der Waals surface area (Å²) >= 11 is 3.14. The van der Waals surface area contributed by atoms with E-state index in [0.29, 0.717) is 4.47 Å². The maximum atomic E-state index is 12.8. The van der Waals surface area contributed by atoms with Crippen LogP contribution in [0.1, 0.15) is 15.9 Å². The van der Waals surface area contributed by atoms with E-state index >= 15 is 0 Å². The van der Waals surface area contributed by atoms with E-state index < -0.39 is 17.6 Å². The molecule has 0 aliphatic carbocycles. The minimum absolute atomic E-state index is 0.163. The number of aromatic nitrogens is 1. The summed E-state index contributed by atoms with van der Waals surface area (Å²) in [5.74, 6) is -0.657. The quantitative estimate of drug-likeness (QED) is 0.890. The summed E-state index contributed by atoms with van der Waals surface area (Å²) < 4.78 is 38.9. The Bertz CT molecular complexity index is 644. The minimum Gasteiger partial charge on any atom is -0.321 e. The maximum absolute atomic E-state index is 12.8. The Morgan fingerprint density at radius 3 is 2.55 bits per heavy atom. The summed E-state index contributed by atoms with van der Waals surface area (Å²) in [5, 5.41) is 2.24. The molecule has 20 heavy (non-hydrogen) atoms. The Morgan fingerprint density at radius 2 is 1.90 bits per heavy atom. The number of hydrogen-bond donors (Lipinski definition) is 1. The van der Waals surface area contributed by atoms with Gasteiger partial charge in [0.1, 0.15) is 0 Å². The van der Waals surface area contributed by atoms with Crippen molar-refractivity contribution >= 4 is 27.5 Å². The molecule has 0 spiro atoms. The van der Waals surface area contributed by atoms with Crippen LogP contribution in [-0.2, 0) is 6.18 Å². The van der Waals surface area contributed by atoms with Gasteiger partial charge in [0.15, 0.2) is 0 Å². The monoisotopic (exact) mass is 344 g/mol. The van der Waals surface area contributed by atoms with Gasteiger partial charge in [0, 0.05) is 16.9 Å². The van der Waals surface area contributed by atoms with E-state index in [1.54, 1.807) is 0 Å². The van der Waals surface area contributed by atoms with Crippen molar-refractivity contribution in [3.05, 3.63) is 58.3 Å². The highest BCUT2D eigenvalue weighted by molar-refractivity contribution is 9.10. The van der Waals surface area contributed by atoms with Gasteiger partial charge in [-0.15, -0.1) is 0 Å². The molecule has 0 radical (unpaired) electrons. The molecule has 1 aromatic carbocycles. The summed E-state index contributed by atoms with van der Waals surface area (Å²) in [5.41, 5.74) is -1.02. The number of rotatable bonds is 2. The molecule has 0 saturated heterocycles. The molecular formula is C13H8BrF3N2O. The van der Waals surface area contributed by atoms with Crippen LogP contribution in [0.3, 0.4) is 0 Å². The summed E-state index contributed by atoms with van der Waals surface area (Å²) in [6, 6.07) is 6.27. The third-order valence-electron chi connectivity index (χ3n) is 2.45. The Balaban J connectivity index is 2.29. The SMILES string of the molecule is O=C(Nc1ccccc1C(F)(F)F)c1cncc(Br)c1. The number of alkyl halides is 3. The third kappa shape index (κ3) is 3.36. The van der Waals surface area contributed by atoms with Crippen LogP contribution in [-0.4, -0.2) is 10.9 Å². The zero-order valence-electron chi connectivity index (χ0n) is 9.91. The lowest BCUT2D eigenvalue weighted by Gasteiger charge is -2.13. The van der Waals surface area contributed by atoms with Crippen LogP contribution in [0.2, 0.25) is 0 Å². The highest BCUT2D eigenvalue weighted by Crippen LogP contribution is 2.34. The Labute approximate surface area is 121 Å². The van der Waals surface area contributed by atoms with Crippen LogP contribution >= 0.6 is 15.9 Å². The summed E-state index contributed by atoms with van der Waals surface area (Å²) in [4.78, 5) is 15.7. The number of carbonyl (C=O) groups is 1. The normalized spacial score (nSPS) is 11.2. The first kappa shape index (κ1) is 14.5. The summed E-state index contributed by atoms with van der Waals surface area (Å²) in [6.45, 7) is 0. The molecule has 1 heterocycles. The highest BCUT2D eigenvalue weighted by Gasteiger charge is 2.33. The molecule has 0 bridgehead atoms. The lowest BCUT2D eigenvalue weighted by molar-refractivity contribution is -0.136. The number of pyridine rings is 1. The van der Waals surface area contributed by atoms with Gasteiger partial charge in [0.25, 0.3) is 5.91 Å². The van der Waals surface area contributed by atoms with E-state index in [-0.39, 0.29) is 11.3 Å². The molecular weight excluding hydrogens is 337 g/mol. The highest BCUT2D eigenvalue weighted by atomic mass is 79.9. The number of amides is 1. The fourth-order valence-electron chi connectivity index (χ4n) is 1.57. The van der Waals surface area contributed by atoms with E-state index in [0.717, 1.165) is 6.07 Å². The van der Waals surface area contributed by atoms with Crippen LogP contribution < -0.4 is 5.32 Å². The molecule has 1 amide bonds. The fourth-order valence-corrected chi connectivity index (χ4v) is 1.93. The molecule has 0 saturated carbocycles. The van der Waals surface area contributed by atoms with Gasteiger partial charge in [-0.25, -0.2) is 0 Å². The first-order chi connectivity index (χ1) is 9.38. The third-order valence-corrected chi connectivity index (χ3v) is 2.88. The van der Waals surface area contributed by atoms with Crippen molar-refractivity contribution in [2.24, 2.45) is 0 Å². The van der Waals surface area contributed by atoms with Crippen LogP contribution in [0, 0.1) is 0 Å². The second-order valence-corrected chi connectivity index (χ2v) is 4.80. The minimum atomic E-state index is -4.53. The molecule has 104 valence electrons. The van der Waals surface area contributed by atoms with E-state index in [9.17, 15) is 18.0 Å². The molecule has 0 unspecified atom stereocenters. The zero-order chi connectivity index (χ0) is 14.8. The number of halogens is 4. The second kappa shape index (κ2) is 5.62. The second-order valence-electron chi connectivity index (χ2n) is 3.89. The molecule has 1 N–H and O–H groups in total. The maximum Gasteiger partial charge on any atom is 0.418 e. The predicted molar refractivity (Wildman–Crippen MR) is 71.3 cm³/mol. The van der Waals surface area contributed by atoms with Crippen molar-refractivity contribution in [1.29, 1.82) is 0 Å². The lowest BCUT2D eigenvalue weighted by Crippen LogP contribution is -2.16. The zero-order valence-corrected chi connectivity index (χ0v) is 11.5. The van der Waals surface area contributed by atoms with E-state index in [1.807, 2.05) is 0 Å². The number of hydrogen-bond acceptors (Lipinski definition) is 2. The average molecular weight is 345 g/mol. The van der Waals surface area contributed by atoms with E-state index in [4.69, 9.17) is 0 Å². The summed E-state index contributed by atoms with van der Waals surface area (Å²) in [7, 11) is 0. The van der Waals surface area contributed by atoms with Crippen LogP contribution in [0.25, 0.3) is 0 Å². The largest absolute Gasteiger partial charge is 0.418 e. The Kier molecular flexibility index (Phi) is 4.08. The van der Waals surface area contributed by atoms with Crippen LogP contribution in [0.15, 0.2) is 47.2 Å². The smallest absolute Gasteiger partial charge is 0.321 e. The first-order valence-corrected chi connectivity index (χ1v) is 6.25. The van der Waals surface area contributed by atoms with E-state index in [1.165, 1.54) is 36.7 Å². The Morgan fingerprint density at radius 1 is 1.20 bits per heavy atom. The molecule has 0 aliphatic rings.